The van der Waals surface area contributed by atoms with E-state index in [2.05, 4.69) is 10.3 Å². The second-order valence-corrected chi connectivity index (χ2v) is 2.97. The van der Waals surface area contributed by atoms with E-state index in [0.717, 1.165) is 12.1 Å². The lowest BCUT2D eigenvalue weighted by Gasteiger charge is -2.00. The summed E-state index contributed by atoms with van der Waals surface area (Å²) in [5.74, 6) is -1.11. The van der Waals surface area contributed by atoms with Crippen molar-refractivity contribution in [3.05, 3.63) is 29.6 Å². The van der Waals surface area contributed by atoms with E-state index in [1.807, 2.05) is 19.2 Å². The predicted octanol–water partition coefficient (Wildman–Crippen LogP) is 0.595. The molecular weight excluding hydrogens is 194 g/mol. The van der Waals surface area contributed by atoms with Crippen molar-refractivity contribution in [2.45, 2.75) is 0 Å². The van der Waals surface area contributed by atoms with E-state index in [1.165, 1.54) is 6.20 Å². The molecule has 5 heteroatoms. The highest BCUT2D eigenvalue weighted by Gasteiger charge is 2.08. The van der Waals surface area contributed by atoms with Crippen LogP contribution in [0.3, 0.4) is 0 Å². The molecule has 0 unspecified atom stereocenters. The van der Waals surface area contributed by atoms with Crippen molar-refractivity contribution < 1.29 is 9.90 Å². The van der Waals surface area contributed by atoms with Gasteiger partial charge in [0.2, 0.25) is 0 Å². The average molecular weight is 207 g/mol. The molecule has 0 bridgehead atoms. The lowest BCUT2D eigenvalue weighted by Crippen LogP contribution is -2.06. The van der Waals surface area contributed by atoms with E-state index < -0.39 is 5.97 Å². The normalized spacial score (nSPS) is 10.7. The van der Waals surface area contributed by atoms with Crippen LogP contribution in [0.5, 0.6) is 0 Å². The van der Waals surface area contributed by atoms with Crippen molar-refractivity contribution in [2.24, 2.45) is 0 Å². The summed E-state index contributed by atoms with van der Waals surface area (Å²) in [4.78, 5) is 14.4. The lowest BCUT2D eigenvalue weighted by molar-refractivity contribution is 0.0692. The number of carbonyl (C=O) groups is 1. The van der Waals surface area contributed by atoms with Crippen LogP contribution >= 0.6 is 0 Å². The molecule has 1 aromatic rings. The van der Waals surface area contributed by atoms with Crippen LogP contribution in [0.2, 0.25) is 0 Å². The Kier molecular flexibility index (Phi) is 3.82. The van der Waals surface area contributed by atoms with Crippen LogP contribution in [0, 0.1) is 0 Å². The summed E-state index contributed by atoms with van der Waals surface area (Å²) in [5, 5.41) is 11.6. The first-order valence-electron chi connectivity index (χ1n) is 4.45. The van der Waals surface area contributed by atoms with E-state index in [4.69, 9.17) is 10.8 Å². The van der Waals surface area contributed by atoms with Crippen molar-refractivity contribution in [1.82, 2.24) is 10.3 Å². The molecule has 0 saturated heterocycles. The van der Waals surface area contributed by atoms with Gasteiger partial charge in [0.1, 0.15) is 0 Å². The van der Waals surface area contributed by atoms with Crippen LogP contribution in [0.1, 0.15) is 16.1 Å². The number of hydrogen-bond acceptors (Lipinski definition) is 4. The van der Waals surface area contributed by atoms with Gasteiger partial charge >= 0.3 is 5.97 Å². The number of nitrogens with zero attached hydrogens (tertiary/aromatic N) is 1. The SMILES string of the molecule is CNCC=Cc1cnc(C(=O)O)c(N)c1. The van der Waals surface area contributed by atoms with Gasteiger partial charge in [-0.25, -0.2) is 9.78 Å². The quantitative estimate of drug-likeness (QED) is 0.672. The number of hydrogen-bond donors (Lipinski definition) is 3. The first-order chi connectivity index (χ1) is 7.15. The number of likely N-dealkylation sites (N-methyl/N-ethyl adjacent to an activating group) is 1. The lowest BCUT2D eigenvalue weighted by atomic mass is 10.2. The molecule has 5 nitrogen and oxygen atoms in total. The van der Waals surface area contributed by atoms with E-state index in [0.29, 0.717) is 0 Å². The Morgan fingerprint density at radius 3 is 3.00 bits per heavy atom. The number of rotatable bonds is 4. The van der Waals surface area contributed by atoms with Crippen molar-refractivity contribution in [2.75, 3.05) is 19.3 Å². The van der Waals surface area contributed by atoms with Gasteiger partial charge in [-0.3, -0.25) is 0 Å². The number of nitrogens with one attached hydrogen (secondary N) is 1. The third-order valence-electron chi connectivity index (χ3n) is 1.77. The summed E-state index contributed by atoms with van der Waals surface area (Å²) < 4.78 is 0. The first-order valence-corrected chi connectivity index (χ1v) is 4.45. The molecule has 1 heterocycles. The third kappa shape index (κ3) is 3.07. The minimum atomic E-state index is -1.11. The van der Waals surface area contributed by atoms with Gasteiger partial charge in [0.15, 0.2) is 5.69 Å². The summed E-state index contributed by atoms with van der Waals surface area (Å²) in [7, 11) is 1.84. The van der Waals surface area contributed by atoms with Gasteiger partial charge in [0.25, 0.3) is 0 Å². The summed E-state index contributed by atoms with van der Waals surface area (Å²) >= 11 is 0. The third-order valence-corrected chi connectivity index (χ3v) is 1.77. The Morgan fingerprint density at radius 2 is 2.47 bits per heavy atom. The Hall–Kier alpha value is -1.88. The van der Waals surface area contributed by atoms with Gasteiger partial charge in [-0.1, -0.05) is 12.2 Å². The summed E-state index contributed by atoms with van der Waals surface area (Å²) in [6.07, 6.45) is 5.20. The minimum absolute atomic E-state index is 0.110. The Morgan fingerprint density at radius 1 is 1.73 bits per heavy atom. The second kappa shape index (κ2) is 5.11. The first kappa shape index (κ1) is 11.2. The van der Waals surface area contributed by atoms with Crippen molar-refractivity contribution in [1.29, 1.82) is 0 Å². The summed E-state index contributed by atoms with van der Waals surface area (Å²) in [6.45, 7) is 0.737. The fourth-order valence-electron chi connectivity index (χ4n) is 1.08. The van der Waals surface area contributed by atoms with Gasteiger partial charge < -0.3 is 16.2 Å². The van der Waals surface area contributed by atoms with Gasteiger partial charge in [-0.05, 0) is 18.7 Å². The molecular formula is C10H13N3O2. The number of aromatic carboxylic acids is 1. The zero-order chi connectivity index (χ0) is 11.3. The van der Waals surface area contributed by atoms with E-state index in [-0.39, 0.29) is 11.4 Å². The zero-order valence-electron chi connectivity index (χ0n) is 8.40. The number of aromatic nitrogens is 1. The fourth-order valence-corrected chi connectivity index (χ4v) is 1.08. The summed E-state index contributed by atoms with van der Waals surface area (Å²) in [5.41, 5.74) is 6.38. The fraction of sp³-hybridized carbons (Fsp3) is 0.200. The zero-order valence-corrected chi connectivity index (χ0v) is 8.40. The Bertz CT molecular complexity index is 388. The molecule has 0 aliphatic carbocycles. The van der Waals surface area contributed by atoms with Crippen molar-refractivity contribution >= 4 is 17.7 Å². The highest BCUT2D eigenvalue weighted by molar-refractivity contribution is 5.91. The van der Waals surface area contributed by atoms with Crippen LogP contribution in [0.25, 0.3) is 6.08 Å². The Labute approximate surface area is 87.6 Å². The summed E-state index contributed by atoms with van der Waals surface area (Å²) in [6, 6.07) is 1.59. The topological polar surface area (TPSA) is 88.2 Å². The van der Waals surface area contributed by atoms with Crippen LogP contribution in [0.15, 0.2) is 18.3 Å². The van der Waals surface area contributed by atoms with Gasteiger partial charge in [0, 0.05) is 12.7 Å². The van der Waals surface area contributed by atoms with Crippen LogP contribution in [-0.4, -0.2) is 29.7 Å². The monoisotopic (exact) mass is 207 g/mol. The molecule has 0 fully saturated rings. The second-order valence-electron chi connectivity index (χ2n) is 2.97. The minimum Gasteiger partial charge on any atom is -0.476 e. The number of nitrogens with two attached hydrogens (primary N) is 1. The molecule has 0 radical (unpaired) electrons. The molecule has 0 spiro atoms. The molecule has 4 N–H and O–H groups in total. The number of carboxylic acid groups (broad SMARTS) is 1. The van der Waals surface area contributed by atoms with Gasteiger partial charge in [0.05, 0.1) is 5.69 Å². The van der Waals surface area contributed by atoms with Crippen molar-refractivity contribution in [3.8, 4) is 0 Å². The van der Waals surface area contributed by atoms with E-state index in [1.54, 1.807) is 6.07 Å². The van der Waals surface area contributed by atoms with Crippen LogP contribution in [0.4, 0.5) is 5.69 Å². The average Bonchev–Trinajstić information content (AvgIpc) is 2.17. The molecule has 1 rings (SSSR count). The Balaban J connectivity index is 2.87. The molecule has 0 aliphatic rings. The van der Waals surface area contributed by atoms with Crippen LogP contribution < -0.4 is 11.1 Å². The van der Waals surface area contributed by atoms with Crippen LogP contribution in [-0.2, 0) is 0 Å². The van der Waals surface area contributed by atoms with E-state index in [9.17, 15) is 4.79 Å². The number of pyridine rings is 1. The molecule has 15 heavy (non-hydrogen) atoms. The maximum Gasteiger partial charge on any atom is 0.356 e. The van der Waals surface area contributed by atoms with Gasteiger partial charge in [-0.2, -0.15) is 0 Å². The highest BCUT2D eigenvalue weighted by Crippen LogP contribution is 2.11. The largest absolute Gasteiger partial charge is 0.476 e. The maximum atomic E-state index is 10.6. The molecule has 80 valence electrons. The molecule has 0 aliphatic heterocycles. The van der Waals surface area contributed by atoms with E-state index >= 15 is 0 Å². The highest BCUT2D eigenvalue weighted by atomic mass is 16.4. The number of nitrogen functional groups attached to an aromatic ring is 1. The molecule has 0 aromatic carbocycles. The molecule has 0 atom stereocenters. The number of anilines is 1. The van der Waals surface area contributed by atoms with Gasteiger partial charge in [-0.15, -0.1) is 0 Å². The maximum absolute atomic E-state index is 10.6. The molecule has 0 saturated carbocycles. The smallest absolute Gasteiger partial charge is 0.356 e. The van der Waals surface area contributed by atoms with Crippen molar-refractivity contribution in [3.63, 3.8) is 0 Å². The standard InChI is InChI=1S/C10H13N3O2/c1-12-4-2-3-7-5-8(11)9(10(14)15)13-6-7/h2-3,5-6,12H,4,11H2,1H3,(H,14,15). The molecule has 1 aromatic heterocycles. The number of carboxylic acids is 1. The predicted molar refractivity (Wildman–Crippen MR) is 58.6 cm³/mol. The molecule has 0 amide bonds.